The van der Waals surface area contributed by atoms with E-state index in [-0.39, 0.29) is 0 Å². The maximum atomic E-state index is 2.54. The molecule has 0 aromatic heterocycles. The van der Waals surface area contributed by atoms with Crippen LogP contribution in [-0.2, 0) is 0 Å². The normalized spacial score (nSPS) is 40.1. The molecule has 1 heterocycles. The van der Waals surface area contributed by atoms with E-state index in [4.69, 9.17) is 0 Å². The molecule has 1 aliphatic carbocycles. The predicted molar refractivity (Wildman–Crippen MR) is 47.6 cm³/mol. The van der Waals surface area contributed by atoms with Crippen molar-refractivity contribution in [3.05, 3.63) is 0 Å². The van der Waals surface area contributed by atoms with Crippen molar-refractivity contribution in [1.29, 1.82) is 0 Å². The van der Waals surface area contributed by atoms with Gasteiger partial charge in [0.15, 0.2) is 0 Å². The molecule has 2 unspecified atom stereocenters. The van der Waals surface area contributed by atoms with Crippen LogP contribution in [0.2, 0.25) is 0 Å². The van der Waals surface area contributed by atoms with Gasteiger partial charge in [-0.1, -0.05) is 6.42 Å². The smallest absolute Gasteiger partial charge is 0.000672 e. The van der Waals surface area contributed by atoms with Gasteiger partial charge < -0.3 is 4.90 Å². The molecule has 0 spiro atoms. The molecular weight excluding hydrogens is 134 g/mol. The van der Waals surface area contributed by atoms with Gasteiger partial charge >= 0.3 is 0 Å². The van der Waals surface area contributed by atoms with Gasteiger partial charge in [0, 0.05) is 13.1 Å². The summed E-state index contributed by atoms with van der Waals surface area (Å²) < 4.78 is 0. The molecule has 1 saturated heterocycles. The van der Waals surface area contributed by atoms with Gasteiger partial charge in [0.2, 0.25) is 0 Å². The van der Waals surface area contributed by atoms with Crippen molar-refractivity contribution in [3.63, 3.8) is 0 Å². The fraction of sp³-hybridized carbons (Fsp3) is 1.00. The third-order valence-corrected chi connectivity index (χ3v) is 3.35. The van der Waals surface area contributed by atoms with Crippen molar-refractivity contribution in [2.45, 2.75) is 32.1 Å². The summed E-state index contributed by atoms with van der Waals surface area (Å²) in [5.74, 6) is 2.07. The van der Waals surface area contributed by atoms with Gasteiger partial charge in [0.1, 0.15) is 0 Å². The third-order valence-electron chi connectivity index (χ3n) is 3.35. The lowest BCUT2D eigenvalue weighted by Crippen LogP contribution is -2.28. The van der Waals surface area contributed by atoms with Gasteiger partial charge in [-0.05, 0) is 44.6 Å². The maximum Gasteiger partial charge on any atom is 0.000672 e. The van der Waals surface area contributed by atoms with Gasteiger partial charge in [0.05, 0.1) is 0 Å². The lowest BCUT2D eigenvalue weighted by atomic mass is 10.0. The summed E-state index contributed by atoms with van der Waals surface area (Å²) in [4.78, 5) is 2.54. The zero-order chi connectivity index (χ0) is 7.68. The summed E-state index contributed by atoms with van der Waals surface area (Å²) in [7, 11) is 2.29. The first-order valence-electron chi connectivity index (χ1n) is 5.03. The van der Waals surface area contributed by atoms with Crippen LogP contribution in [0.5, 0.6) is 0 Å². The van der Waals surface area contributed by atoms with Gasteiger partial charge in [0.25, 0.3) is 0 Å². The van der Waals surface area contributed by atoms with Crippen LogP contribution in [0.1, 0.15) is 32.1 Å². The topological polar surface area (TPSA) is 3.24 Å². The van der Waals surface area contributed by atoms with Crippen molar-refractivity contribution >= 4 is 0 Å². The molecule has 2 fully saturated rings. The van der Waals surface area contributed by atoms with Crippen molar-refractivity contribution < 1.29 is 0 Å². The molecule has 0 aromatic carbocycles. The average molecular weight is 153 g/mol. The molecule has 2 aliphatic rings. The molecule has 2 bridgehead atoms. The Balaban J connectivity index is 2.04. The van der Waals surface area contributed by atoms with Gasteiger partial charge in [-0.25, -0.2) is 0 Å². The van der Waals surface area contributed by atoms with Crippen LogP contribution in [-0.4, -0.2) is 25.0 Å². The number of hydrogen-bond donors (Lipinski definition) is 0. The van der Waals surface area contributed by atoms with E-state index in [1.807, 2.05) is 0 Å². The zero-order valence-electron chi connectivity index (χ0n) is 7.55. The second kappa shape index (κ2) is 3.14. The van der Waals surface area contributed by atoms with Crippen LogP contribution >= 0.6 is 0 Å². The Morgan fingerprint density at radius 3 is 2.00 bits per heavy atom. The zero-order valence-corrected chi connectivity index (χ0v) is 7.55. The van der Waals surface area contributed by atoms with E-state index in [9.17, 15) is 0 Å². The van der Waals surface area contributed by atoms with Crippen molar-refractivity contribution in [2.75, 3.05) is 20.1 Å². The summed E-state index contributed by atoms with van der Waals surface area (Å²) in [5, 5.41) is 0. The Hall–Kier alpha value is -0.0400. The largest absolute Gasteiger partial charge is 0.306 e. The SMILES string of the molecule is CN1CC2CCCC(CC2)C1. The number of nitrogens with zero attached hydrogens (tertiary/aromatic N) is 1. The fourth-order valence-corrected chi connectivity index (χ4v) is 2.78. The Labute approximate surface area is 69.8 Å². The summed E-state index contributed by atoms with van der Waals surface area (Å²) in [6, 6.07) is 0. The summed E-state index contributed by atoms with van der Waals surface area (Å²) in [6.45, 7) is 2.74. The van der Waals surface area contributed by atoms with Gasteiger partial charge in [-0.3, -0.25) is 0 Å². The first-order valence-corrected chi connectivity index (χ1v) is 5.03. The van der Waals surface area contributed by atoms with Crippen LogP contribution in [0.3, 0.4) is 0 Å². The van der Waals surface area contributed by atoms with E-state index < -0.39 is 0 Å². The molecule has 0 aromatic rings. The van der Waals surface area contributed by atoms with E-state index in [0.717, 1.165) is 11.8 Å². The highest BCUT2D eigenvalue weighted by atomic mass is 15.1. The Morgan fingerprint density at radius 1 is 0.909 bits per heavy atom. The van der Waals surface area contributed by atoms with Crippen LogP contribution in [0.15, 0.2) is 0 Å². The van der Waals surface area contributed by atoms with E-state index >= 15 is 0 Å². The summed E-state index contributed by atoms with van der Waals surface area (Å²) >= 11 is 0. The standard InChI is InChI=1S/C10H19N/c1-11-7-9-3-2-4-10(8-11)6-5-9/h9-10H,2-8H2,1H3. The molecule has 1 aliphatic heterocycles. The minimum atomic E-state index is 1.03. The average Bonchev–Trinajstić information content (AvgIpc) is 2.19. The highest BCUT2D eigenvalue weighted by molar-refractivity contribution is 4.78. The predicted octanol–water partition coefficient (Wildman–Crippen LogP) is 2.13. The molecule has 2 atom stereocenters. The molecule has 0 amide bonds. The van der Waals surface area contributed by atoms with E-state index in [1.54, 1.807) is 0 Å². The van der Waals surface area contributed by atoms with Crippen LogP contribution in [0.4, 0.5) is 0 Å². The minimum Gasteiger partial charge on any atom is -0.306 e. The number of rotatable bonds is 0. The van der Waals surface area contributed by atoms with Gasteiger partial charge in [-0.15, -0.1) is 0 Å². The second-order valence-electron chi connectivity index (χ2n) is 4.46. The molecule has 11 heavy (non-hydrogen) atoms. The van der Waals surface area contributed by atoms with E-state index in [0.29, 0.717) is 0 Å². The molecule has 0 radical (unpaired) electrons. The molecule has 2 rings (SSSR count). The molecule has 1 heteroatoms. The number of hydrogen-bond acceptors (Lipinski definition) is 1. The van der Waals surface area contributed by atoms with Crippen LogP contribution in [0.25, 0.3) is 0 Å². The quantitative estimate of drug-likeness (QED) is 0.515. The summed E-state index contributed by atoms with van der Waals surface area (Å²) in [5.41, 5.74) is 0. The Kier molecular flexibility index (Phi) is 2.17. The number of likely N-dealkylation sites (tertiary alicyclic amines) is 1. The van der Waals surface area contributed by atoms with Crippen molar-refractivity contribution in [3.8, 4) is 0 Å². The lowest BCUT2D eigenvalue weighted by Gasteiger charge is -2.24. The molecule has 64 valence electrons. The van der Waals surface area contributed by atoms with E-state index in [2.05, 4.69) is 11.9 Å². The van der Waals surface area contributed by atoms with Crippen LogP contribution in [0, 0.1) is 11.8 Å². The van der Waals surface area contributed by atoms with E-state index in [1.165, 1.54) is 45.2 Å². The Bertz CT molecular complexity index is 119. The third kappa shape index (κ3) is 1.76. The lowest BCUT2D eigenvalue weighted by molar-refractivity contribution is 0.238. The number of fused-ring (bicyclic) bond motifs is 3. The maximum absolute atomic E-state index is 2.54. The van der Waals surface area contributed by atoms with Crippen molar-refractivity contribution in [2.24, 2.45) is 11.8 Å². The monoisotopic (exact) mass is 153 g/mol. The minimum absolute atomic E-state index is 1.03. The van der Waals surface area contributed by atoms with Crippen LogP contribution < -0.4 is 0 Å². The second-order valence-corrected chi connectivity index (χ2v) is 4.46. The summed E-state index contributed by atoms with van der Waals surface area (Å²) in [6.07, 6.45) is 7.52. The highest BCUT2D eigenvalue weighted by Crippen LogP contribution is 2.31. The fourth-order valence-electron chi connectivity index (χ4n) is 2.78. The first kappa shape index (κ1) is 7.60. The molecule has 1 nitrogen and oxygen atoms in total. The Morgan fingerprint density at radius 2 is 1.45 bits per heavy atom. The highest BCUT2D eigenvalue weighted by Gasteiger charge is 2.24. The van der Waals surface area contributed by atoms with Gasteiger partial charge in [-0.2, -0.15) is 0 Å². The first-order chi connectivity index (χ1) is 5.34. The molecular formula is C10H19N. The van der Waals surface area contributed by atoms with Crippen molar-refractivity contribution in [1.82, 2.24) is 4.90 Å². The molecule has 0 N–H and O–H groups in total. The molecule has 1 saturated carbocycles.